The second kappa shape index (κ2) is 8.32. The molecule has 0 radical (unpaired) electrons. The Morgan fingerprint density at radius 1 is 1.38 bits per heavy atom. The highest BCUT2D eigenvalue weighted by Crippen LogP contribution is 2.23. The fraction of sp³-hybridized carbons (Fsp3) is 0.357. The highest BCUT2D eigenvalue weighted by molar-refractivity contribution is 8.11. The number of amides is 2. The molecule has 1 aliphatic rings. The molecule has 0 bridgehead atoms. The van der Waals surface area contributed by atoms with Gasteiger partial charge in [0.25, 0.3) is 5.24 Å². The monoisotopic (exact) mass is 375 g/mol. The molecule has 7 nitrogen and oxygen atoms in total. The summed E-state index contributed by atoms with van der Waals surface area (Å²) in [6.45, 7) is 2.61. The normalized spacial score (nSPS) is 14.5. The summed E-state index contributed by atoms with van der Waals surface area (Å²) in [6.07, 6.45) is 0. The van der Waals surface area contributed by atoms with Crippen LogP contribution in [0.5, 0.6) is 0 Å². The summed E-state index contributed by atoms with van der Waals surface area (Å²) in [4.78, 5) is 36.4. The number of carbonyl (C=O) groups excluding carboxylic acids is 3. The molecule has 1 aromatic rings. The maximum atomic E-state index is 13.1. The van der Waals surface area contributed by atoms with Crippen molar-refractivity contribution < 1.29 is 23.5 Å². The lowest BCUT2D eigenvalue weighted by Gasteiger charge is -2.16. The van der Waals surface area contributed by atoms with Crippen molar-refractivity contribution in [3.63, 3.8) is 0 Å². The maximum absolute atomic E-state index is 13.1. The second-order valence-electron chi connectivity index (χ2n) is 4.77. The van der Waals surface area contributed by atoms with Gasteiger partial charge < -0.3 is 15.0 Å². The minimum absolute atomic E-state index is 0.0924. The number of esters is 1. The van der Waals surface area contributed by atoms with Crippen molar-refractivity contribution in [1.82, 2.24) is 9.21 Å². The summed E-state index contributed by atoms with van der Waals surface area (Å²) < 4.78 is 19.3. The molecule has 2 rings (SSSR count). The number of benzene rings is 1. The molecule has 24 heavy (non-hydrogen) atoms. The first-order valence-electron chi connectivity index (χ1n) is 7.05. The molecule has 10 heteroatoms. The first-order chi connectivity index (χ1) is 11.4. The molecule has 1 aliphatic heterocycles. The van der Waals surface area contributed by atoms with Crippen molar-refractivity contribution in [2.75, 3.05) is 31.7 Å². The molecule has 1 aromatic carbocycles. The zero-order valence-corrected chi connectivity index (χ0v) is 14.3. The van der Waals surface area contributed by atoms with Gasteiger partial charge in [-0.05, 0) is 25.1 Å². The van der Waals surface area contributed by atoms with Crippen LogP contribution in [0.1, 0.15) is 6.92 Å². The van der Waals surface area contributed by atoms with Gasteiger partial charge in [-0.1, -0.05) is 11.6 Å². The van der Waals surface area contributed by atoms with Crippen molar-refractivity contribution in [2.45, 2.75) is 6.92 Å². The number of hydrogen-bond donors (Lipinski definition) is 1. The van der Waals surface area contributed by atoms with Gasteiger partial charge in [-0.3, -0.25) is 9.59 Å². The quantitative estimate of drug-likeness (QED) is 0.496. The number of rotatable bonds is 3. The van der Waals surface area contributed by atoms with Crippen LogP contribution in [0.2, 0.25) is 5.02 Å². The highest BCUT2D eigenvalue weighted by atomic mass is 35.5. The Hall–Kier alpha value is -1.84. The van der Waals surface area contributed by atoms with Crippen LogP contribution in [-0.4, -0.2) is 52.7 Å². The van der Waals surface area contributed by atoms with E-state index in [1.807, 2.05) is 0 Å². The van der Waals surface area contributed by atoms with Crippen LogP contribution in [0.3, 0.4) is 0 Å². The van der Waals surface area contributed by atoms with E-state index in [0.717, 1.165) is 18.0 Å². The molecule has 1 fully saturated rings. The molecular formula is C14H15ClFN3O4S. The van der Waals surface area contributed by atoms with Gasteiger partial charge in [-0.15, -0.1) is 0 Å². The van der Waals surface area contributed by atoms with Crippen molar-refractivity contribution in [1.29, 1.82) is 0 Å². The van der Waals surface area contributed by atoms with E-state index in [-0.39, 0.29) is 18.3 Å². The maximum Gasteiger partial charge on any atom is 0.397 e. The van der Waals surface area contributed by atoms with Crippen LogP contribution >= 0.6 is 23.5 Å². The molecule has 0 unspecified atom stereocenters. The number of carbonyl (C=O) groups is 3. The first-order valence-corrected chi connectivity index (χ1v) is 8.20. The van der Waals surface area contributed by atoms with Crippen molar-refractivity contribution in [2.24, 2.45) is 0 Å². The number of nitrogens with zero attached hydrogens (tertiary/aromatic N) is 2. The SMILES string of the molecule is CCOC(=O)C(=O)N1CCN(SC(=O)Nc2ccc(F)c(Cl)c2)C1. The predicted octanol–water partition coefficient (Wildman–Crippen LogP) is 2.32. The third-order valence-electron chi connectivity index (χ3n) is 3.06. The van der Waals surface area contributed by atoms with Crippen LogP contribution < -0.4 is 5.32 Å². The Labute approximate surface area is 147 Å². The van der Waals surface area contributed by atoms with Crippen molar-refractivity contribution in [3.8, 4) is 0 Å². The second-order valence-corrected chi connectivity index (χ2v) is 6.25. The number of ether oxygens (including phenoxy) is 1. The first kappa shape index (κ1) is 18.5. The highest BCUT2D eigenvalue weighted by Gasteiger charge is 2.30. The average Bonchev–Trinajstić information content (AvgIpc) is 2.98. The molecule has 0 atom stereocenters. The van der Waals surface area contributed by atoms with Gasteiger partial charge in [0.1, 0.15) is 5.82 Å². The molecular weight excluding hydrogens is 361 g/mol. The third-order valence-corrected chi connectivity index (χ3v) is 4.18. The Balaban J connectivity index is 1.84. The lowest BCUT2D eigenvalue weighted by atomic mass is 10.3. The summed E-state index contributed by atoms with van der Waals surface area (Å²) >= 11 is 6.50. The van der Waals surface area contributed by atoms with Gasteiger partial charge in [0.05, 0.1) is 18.3 Å². The van der Waals surface area contributed by atoms with Gasteiger partial charge in [0.15, 0.2) is 0 Å². The van der Waals surface area contributed by atoms with Crippen LogP contribution in [-0.2, 0) is 14.3 Å². The number of nitrogens with one attached hydrogen (secondary N) is 1. The number of halogens is 2. The molecule has 2 amide bonds. The minimum atomic E-state index is -0.908. The summed E-state index contributed by atoms with van der Waals surface area (Å²) in [6, 6.07) is 3.84. The van der Waals surface area contributed by atoms with Crippen molar-refractivity contribution in [3.05, 3.63) is 29.0 Å². The fourth-order valence-electron chi connectivity index (χ4n) is 1.96. The molecule has 130 valence electrons. The molecule has 0 aromatic heterocycles. The molecule has 0 aliphatic carbocycles. The number of hydrogen-bond acceptors (Lipinski definition) is 6. The van der Waals surface area contributed by atoms with E-state index in [4.69, 9.17) is 11.6 Å². The standard InChI is InChI=1S/C14H15ClFN3O4S/c1-2-23-13(21)12(20)18-5-6-19(8-18)24-14(22)17-9-3-4-11(16)10(15)7-9/h3-4,7H,2,5-6,8H2,1H3,(H,17,22). The number of anilines is 1. The van der Waals surface area contributed by atoms with E-state index in [2.05, 4.69) is 10.1 Å². The zero-order chi connectivity index (χ0) is 17.7. The van der Waals surface area contributed by atoms with E-state index < -0.39 is 22.9 Å². The van der Waals surface area contributed by atoms with E-state index >= 15 is 0 Å². The molecule has 0 saturated carbocycles. The lowest BCUT2D eigenvalue weighted by molar-refractivity contribution is -0.159. The van der Waals surface area contributed by atoms with E-state index in [1.165, 1.54) is 17.0 Å². The fourth-order valence-corrected chi connectivity index (χ4v) is 2.91. The van der Waals surface area contributed by atoms with Gasteiger partial charge in [0, 0.05) is 30.7 Å². The molecule has 0 spiro atoms. The Kier molecular flexibility index (Phi) is 6.41. The summed E-state index contributed by atoms with van der Waals surface area (Å²) in [5.74, 6) is -2.21. The average molecular weight is 376 g/mol. The lowest BCUT2D eigenvalue weighted by Crippen LogP contribution is -2.36. The summed E-state index contributed by atoms with van der Waals surface area (Å²) in [5.41, 5.74) is 0.359. The summed E-state index contributed by atoms with van der Waals surface area (Å²) in [7, 11) is 0. The minimum Gasteiger partial charge on any atom is -0.459 e. The summed E-state index contributed by atoms with van der Waals surface area (Å²) in [5, 5.41) is 2.05. The van der Waals surface area contributed by atoms with E-state index in [1.54, 1.807) is 11.2 Å². The molecule has 1 heterocycles. The van der Waals surface area contributed by atoms with E-state index in [0.29, 0.717) is 18.8 Å². The van der Waals surface area contributed by atoms with E-state index in [9.17, 15) is 18.8 Å². The third kappa shape index (κ3) is 4.83. The van der Waals surface area contributed by atoms with Crippen molar-refractivity contribution >= 4 is 46.4 Å². The molecule has 1 N–H and O–H groups in total. The Bertz CT molecular complexity index is 661. The van der Waals surface area contributed by atoms with Gasteiger partial charge in [-0.2, -0.15) is 0 Å². The Morgan fingerprint density at radius 2 is 2.12 bits per heavy atom. The van der Waals surface area contributed by atoms with Gasteiger partial charge in [-0.25, -0.2) is 13.5 Å². The van der Waals surface area contributed by atoms with Gasteiger partial charge >= 0.3 is 11.9 Å². The van der Waals surface area contributed by atoms with Crippen LogP contribution in [0, 0.1) is 5.82 Å². The largest absolute Gasteiger partial charge is 0.459 e. The molecule has 1 saturated heterocycles. The van der Waals surface area contributed by atoms with Crippen LogP contribution in [0.4, 0.5) is 14.9 Å². The smallest absolute Gasteiger partial charge is 0.397 e. The topological polar surface area (TPSA) is 79.0 Å². The Morgan fingerprint density at radius 3 is 2.79 bits per heavy atom. The van der Waals surface area contributed by atoms with Crippen LogP contribution in [0.25, 0.3) is 0 Å². The zero-order valence-electron chi connectivity index (χ0n) is 12.8. The predicted molar refractivity (Wildman–Crippen MR) is 87.9 cm³/mol. The van der Waals surface area contributed by atoms with Crippen LogP contribution in [0.15, 0.2) is 18.2 Å². The van der Waals surface area contributed by atoms with Gasteiger partial charge in [0.2, 0.25) is 0 Å².